The van der Waals surface area contributed by atoms with Crippen molar-refractivity contribution in [2.75, 3.05) is 0 Å². The summed E-state index contributed by atoms with van der Waals surface area (Å²) in [5.41, 5.74) is -1.24. The van der Waals surface area contributed by atoms with Gasteiger partial charge in [0, 0.05) is 10.1 Å². The van der Waals surface area contributed by atoms with Crippen LogP contribution in [-0.2, 0) is 14.4 Å². The first-order valence-corrected chi connectivity index (χ1v) is 12.5. The van der Waals surface area contributed by atoms with Gasteiger partial charge in [0.05, 0.1) is 0 Å². The zero-order valence-corrected chi connectivity index (χ0v) is 24.0. The molecule has 2 saturated heterocycles. The van der Waals surface area contributed by atoms with Crippen molar-refractivity contribution >= 4 is 46.4 Å². The van der Waals surface area contributed by atoms with E-state index in [1.165, 1.54) is 40.9 Å². The van der Waals surface area contributed by atoms with Crippen LogP contribution < -0.4 is 50.9 Å². The number of benzene rings is 2. The summed E-state index contributed by atoms with van der Waals surface area (Å²) < 4.78 is 4.29. The Bertz CT molecular complexity index is 1540. The van der Waals surface area contributed by atoms with Gasteiger partial charge in [0.1, 0.15) is 34.6 Å². The minimum absolute atomic E-state index is 0. The minimum Gasteiger partial charge on any atom is -0.870 e. The average Bonchev–Trinajstić information content (AvgIpc) is 3.14. The molecule has 0 spiro atoms. The van der Waals surface area contributed by atoms with Crippen molar-refractivity contribution in [1.29, 1.82) is 0 Å². The Balaban J connectivity index is 0.00000353. The first-order valence-electron chi connectivity index (χ1n) is 11.6. The average molecular weight is 560 g/mol. The molecule has 39 heavy (non-hydrogen) atoms. The smallest absolute Gasteiger partial charge is 0.870 e. The molecule has 0 radical (unpaired) electrons. The van der Waals surface area contributed by atoms with Gasteiger partial charge in [-0.25, -0.2) is 9.59 Å². The molecule has 3 heterocycles. The third-order valence-corrected chi connectivity index (χ3v) is 8.18. The van der Waals surface area contributed by atoms with Crippen molar-refractivity contribution in [2.45, 2.75) is 42.1 Å². The first-order chi connectivity index (χ1) is 18.0. The number of fused-ring (bicyclic) bond motifs is 2. The Morgan fingerprint density at radius 2 is 1.79 bits per heavy atom. The molecule has 0 saturated carbocycles. The Hall–Kier alpha value is -3.32. The van der Waals surface area contributed by atoms with E-state index in [1.807, 2.05) is 0 Å². The number of carbonyl (C=O) groups excluding carboxylic acids is 3. The molecule has 2 aliphatic rings. The fourth-order valence-corrected chi connectivity index (χ4v) is 6.44. The first kappa shape index (κ1) is 28.7. The van der Waals surface area contributed by atoms with Gasteiger partial charge in [-0.3, -0.25) is 14.4 Å². The van der Waals surface area contributed by atoms with Gasteiger partial charge in [-0.15, -0.1) is 11.8 Å². The van der Waals surface area contributed by atoms with Crippen LogP contribution in [0.3, 0.4) is 0 Å². The third-order valence-electron chi connectivity index (χ3n) is 6.61. The van der Waals surface area contributed by atoms with Crippen molar-refractivity contribution in [3.8, 4) is 5.75 Å². The molecule has 0 bridgehead atoms. The quantitative estimate of drug-likeness (QED) is 0.175. The molecule has 3 aromatic rings. The van der Waals surface area contributed by atoms with Gasteiger partial charge >= 0.3 is 41.2 Å². The molecular formula is C26H22N3NaO8S. The standard InChI is InChI=1S/C26H23N3O8S.Na/c1-26(2)19(24(34)35)29-22(33)17(23(29)38-26)28-21(32)16(12-7-4-3-5-8-12)27-20(31)14-11-13-9-6-10-15(30)18(13)37-25(14)36;/h3-11,16-17,19,23,30H,1-2H3,(H,27,31)(H,28,32)(H,34,35);/q;+1/p-1/t16?,17-,19-,23-;/m1./s1. The van der Waals surface area contributed by atoms with Crippen molar-refractivity contribution in [1.82, 2.24) is 15.5 Å². The number of para-hydroxylation sites is 1. The number of hydrogen-bond donors (Lipinski definition) is 3. The van der Waals surface area contributed by atoms with Crippen LogP contribution in [-0.4, -0.2) is 55.9 Å². The van der Waals surface area contributed by atoms with Gasteiger partial charge in [0.15, 0.2) is 0 Å². The molecule has 2 aliphatic heterocycles. The number of carboxylic acid groups (broad SMARTS) is 1. The predicted molar refractivity (Wildman–Crippen MR) is 134 cm³/mol. The summed E-state index contributed by atoms with van der Waals surface area (Å²) in [6.45, 7) is 3.44. The number of aliphatic carboxylic acids is 1. The van der Waals surface area contributed by atoms with Crippen LogP contribution in [0.1, 0.15) is 35.8 Å². The molecule has 0 aliphatic carbocycles. The molecule has 11 nitrogen and oxygen atoms in total. The number of nitrogens with zero attached hydrogens (tertiary/aromatic N) is 1. The van der Waals surface area contributed by atoms with E-state index in [0.29, 0.717) is 5.56 Å². The molecule has 3 amide bonds. The zero-order chi connectivity index (χ0) is 27.4. The Morgan fingerprint density at radius 1 is 1.10 bits per heavy atom. The summed E-state index contributed by atoms with van der Waals surface area (Å²) in [4.78, 5) is 64.9. The van der Waals surface area contributed by atoms with Crippen molar-refractivity contribution < 1.29 is 63.4 Å². The summed E-state index contributed by atoms with van der Waals surface area (Å²) in [6.07, 6.45) is 0. The molecule has 5 rings (SSSR count). The summed E-state index contributed by atoms with van der Waals surface area (Å²) in [5.74, 6) is -3.80. The van der Waals surface area contributed by atoms with E-state index < -0.39 is 68.9 Å². The molecule has 1 unspecified atom stereocenters. The van der Waals surface area contributed by atoms with Crippen LogP contribution in [0.2, 0.25) is 0 Å². The van der Waals surface area contributed by atoms with Gasteiger partial charge in [0.2, 0.25) is 11.8 Å². The Labute approximate surface area is 248 Å². The SMILES string of the molecule is CC1(C)S[C@@H]2[C@H](NC(=O)C(NC(=O)c3cc4cccc([O-])c4oc3=O)c3ccccc3)C(=O)N2[C@@H]1C(=O)O.[Na+]. The van der Waals surface area contributed by atoms with E-state index in [-0.39, 0.29) is 40.5 Å². The molecule has 13 heteroatoms. The summed E-state index contributed by atoms with van der Waals surface area (Å²) in [7, 11) is 0. The number of thioether (sulfide) groups is 1. The minimum atomic E-state index is -1.29. The third kappa shape index (κ3) is 5.05. The van der Waals surface area contributed by atoms with Crippen molar-refractivity contribution in [3.63, 3.8) is 0 Å². The maximum atomic E-state index is 13.4. The van der Waals surface area contributed by atoms with Gasteiger partial charge < -0.3 is 30.2 Å². The van der Waals surface area contributed by atoms with E-state index in [1.54, 1.807) is 44.2 Å². The number of rotatable bonds is 6. The van der Waals surface area contributed by atoms with Crippen molar-refractivity contribution in [2.24, 2.45) is 0 Å². The van der Waals surface area contributed by atoms with E-state index in [4.69, 9.17) is 4.42 Å². The Kier molecular flexibility index (Phi) is 7.86. The van der Waals surface area contributed by atoms with Crippen LogP contribution in [0.15, 0.2) is 63.8 Å². The van der Waals surface area contributed by atoms with Crippen LogP contribution in [0, 0.1) is 0 Å². The number of hydrogen-bond acceptors (Lipinski definition) is 8. The van der Waals surface area contributed by atoms with Crippen LogP contribution >= 0.6 is 11.8 Å². The second-order valence-electron chi connectivity index (χ2n) is 9.52. The Morgan fingerprint density at radius 3 is 2.46 bits per heavy atom. The predicted octanol–water partition coefficient (Wildman–Crippen LogP) is -2.03. The monoisotopic (exact) mass is 559 g/mol. The summed E-state index contributed by atoms with van der Waals surface area (Å²) in [6, 6.07) is 10.3. The van der Waals surface area contributed by atoms with Crippen LogP contribution in [0.25, 0.3) is 11.0 Å². The van der Waals surface area contributed by atoms with E-state index >= 15 is 0 Å². The van der Waals surface area contributed by atoms with Crippen LogP contribution in [0.4, 0.5) is 0 Å². The number of amides is 3. The van der Waals surface area contributed by atoms with Crippen LogP contribution in [0.5, 0.6) is 5.75 Å². The number of nitrogens with one attached hydrogen (secondary N) is 2. The molecule has 2 aromatic carbocycles. The molecule has 1 aromatic heterocycles. The van der Waals surface area contributed by atoms with E-state index in [9.17, 15) is 34.2 Å². The second kappa shape index (κ2) is 10.7. The zero-order valence-electron chi connectivity index (χ0n) is 21.2. The van der Waals surface area contributed by atoms with Gasteiger partial charge in [-0.1, -0.05) is 54.3 Å². The van der Waals surface area contributed by atoms with Gasteiger partial charge in [0.25, 0.3) is 5.91 Å². The molecule has 2 fully saturated rings. The normalized spacial score (nSPS) is 21.7. The largest absolute Gasteiger partial charge is 1.00 e. The number of carbonyl (C=O) groups is 4. The summed E-state index contributed by atoms with van der Waals surface area (Å²) in [5, 5.41) is 26.4. The number of β-lactam (4-membered cyclic amide) rings is 1. The van der Waals surface area contributed by atoms with Gasteiger partial charge in [-0.05, 0) is 25.5 Å². The van der Waals surface area contributed by atoms with E-state index in [0.717, 1.165) is 0 Å². The van der Waals surface area contributed by atoms with Crippen molar-refractivity contribution in [3.05, 3.63) is 76.1 Å². The maximum absolute atomic E-state index is 13.4. The van der Waals surface area contributed by atoms with E-state index in [2.05, 4.69) is 10.6 Å². The fourth-order valence-electron chi connectivity index (χ4n) is 4.81. The maximum Gasteiger partial charge on any atom is 1.00 e. The molecular weight excluding hydrogens is 537 g/mol. The van der Waals surface area contributed by atoms with Gasteiger partial charge in [-0.2, -0.15) is 0 Å². The topological polar surface area (TPSA) is 169 Å². The molecule has 4 atom stereocenters. The fraction of sp³-hybridized carbons (Fsp3) is 0.269. The molecule has 3 N–H and O–H groups in total. The second-order valence-corrected chi connectivity index (χ2v) is 11.3. The number of carboxylic acids is 1. The summed E-state index contributed by atoms with van der Waals surface area (Å²) >= 11 is 1.27. The molecule has 196 valence electrons.